The van der Waals surface area contributed by atoms with E-state index in [9.17, 15) is 4.39 Å². The molecule has 0 saturated carbocycles. The smallest absolute Gasteiger partial charge is 0.246 e. The van der Waals surface area contributed by atoms with E-state index in [1.807, 2.05) is 6.92 Å². The molecule has 1 atom stereocenters. The van der Waals surface area contributed by atoms with E-state index >= 15 is 0 Å². The van der Waals surface area contributed by atoms with E-state index < -0.39 is 0 Å². The van der Waals surface area contributed by atoms with Crippen molar-refractivity contribution in [3.63, 3.8) is 0 Å². The Bertz CT molecular complexity index is 602. The molecule has 1 N–H and O–H groups in total. The molecule has 4 nitrogen and oxygen atoms in total. The monoisotopic (exact) mass is 261 g/mol. The van der Waals surface area contributed by atoms with Crippen molar-refractivity contribution in [3.8, 4) is 11.4 Å². The number of benzene rings is 1. The van der Waals surface area contributed by atoms with Gasteiger partial charge in [0.15, 0.2) is 0 Å². The largest absolute Gasteiger partial charge is 0.337 e. The quantitative estimate of drug-likeness (QED) is 0.903. The minimum atomic E-state index is -0.256. The van der Waals surface area contributed by atoms with E-state index in [0.717, 1.165) is 19.4 Å². The second-order valence-corrected chi connectivity index (χ2v) is 5.25. The van der Waals surface area contributed by atoms with Crippen LogP contribution in [0, 0.1) is 12.7 Å². The van der Waals surface area contributed by atoms with Crippen LogP contribution in [0.5, 0.6) is 0 Å². The molecule has 2 aromatic rings. The molecule has 1 aliphatic rings. The minimum absolute atomic E-state index is 0.255. The van der Waals surface area contributed by atoms with Crippen LogP contribution in [0.25, 0.3) is 11.4 Å². The molecular weight excluding hydrogens is 245 g/mol. The summed E-state index contributed by atoms with van der Waals surface area (Å²) in [7, 11) is 0. The first-order valence-corrected chi connectivity index (χ1v) is 6.44. The zero-order valence-electron chi connectivity index (χ0n) is 11.0. The van der Waals surface area contributed by atoms with Crippen molar-refractivity contribution in [2.45, 2.75) is 32.2 Å². The Labute approximate surface area is 111 Å². The average molecular weight is 261 g/mol. The zero-order chi connectivity index (χ0) is 13.5. The van der Waals surface area contributed by atoms with Gasteiger partial charge in [-0.25, -0.2) is 4.39 Å². The van der Waals surface area contributed by atoms with Crippen molar-refractivity contribution in [2.75, 3.05) is 6.54 Å². The standard InChI is InChI=1S/C14H16FN3O/c1-9-4-5-10(8-11(9)15)12-17-13(19-18-12)14(2)6-3-7-16-14/h4-5,8,16H,3,6-7H2,1-2H3. The Kier molecular flexibility index (Phi) is 2.86. The summed E-state index contributed by atoms with van der Waals surface area (Å²) in [4.78, 5) is 4.40. The van der Waals surface area contributed by atoms with Gasteiger partial charge in [0.25, 0.3) is 0 Å². The van der Waals surface area contributed by atoms with Crippen LogP contribution in [0.2, 0.25) is 0 Å². The Hall–Kier alpha value is -1.75. The molecule has 3 rings (SSSR count). The molecule has 0 spiro atoms. The lowest BCUT2D eigenvalue weighted by Gasteiger charge is -2.18. The maximum atomic E-state index is 13.5. The molecule has 0 bridgehead atoms. The van der Waals surface area contributed by atoms with E-state index in [4.69, 9.17) is 4.52 Å². The molecule has 0 amide bonds. The second-order valence-electron chi connectivity index (χ2n) is 5.25. The maximum Gasteiger partial charge on any atom is 0.246 e. The number of rotatable bonds is 2. The molecule has 1 aliphatic heterocycles. The number of aromatic nitrogens is 2. The lowest BCUT2D eigenvalue weighted by molar-refractivity contribution is 0.275. The SMILES string of the molecule is Cc1ccc(-c2noc(C3(C)CCCN3)n2)cc1F. The summed E-state index contributed by atoms with van der Waals surface area (Å²) in [6.45, 7) is 4.73. The molecular formula is C14H16FN3O. The molecule has 1 fully saturated rings. The highest BCUT2D eigenvalue weighted by molar-refractivity contribution is 5.55. The lowest BCUT2D eigenvalue weighted by atomic mass is 10.0. The van der Waals surface area contributed by atoms with Gasteiger partial charge >= 0.3 is 0 Å². The highest BCUT2D eigenvalue weighted by Gasteiger charge is 2.35. The third-order valence-electron chi connectivity index (χ3n) is 3.70. The van der Waals surface area contributed by atoms with E-state index in [-0.39, 0.29) is 11.4 Å². The predicted octanol–water partition coefficient (Wildman–Crippen LogP) is 2.78. The number of hydrogen-bond donors (Lipinski definition) is 1. The molecule has 1 saturated heterocycles. The Balaban J connectivity index is 1.94. The number of halogens is 1. The summed E-state index contributed by atoms with van der Waals surface area (Å²) in [6.07, 6.45) is 2.06. The predicted molar refractivity (Wildman–Crippen MR) is 69.0 cm³/mol. The molecule has 19 heavy (non-hydrogen) atoms. The molecule has 0 aliphatic carbocycles. The number of hydrogen-bond acceptors (Lipinski definition) is 4. The van der Waals surface area contributed by atoms with Gasteiger partial charge < -0.3 is 9.84 Å². The van der Waals surface area contributed by atoms with Crippen LogP contribution in [-0.2, 0) is 5.54 Å². The minimum Gasteiger partial charge on any atom is -0.337 e. The molecule has 2 heterocycles. The van der Waals surface area contributed by atoms with Crippen LogP contribution >= 0.6 is 0 Å². The normalized spacial score (nSPS) is 22.9. The summed E-state index contributed by atoms with van der Waals surface area (Å²) in [5.41, 5.74) is 0.991. The van der Waals surface area contributed by atoms with Gasteiger partial charge in [-0.2, -0.15) is 4.98 Å². The van der Waals surface area contributed by atoms with Crippen molar-refractivity contribution in [1.29, 1.82) is 0 Å². The summed E-state index contributed by atoms with van der Waals surface area (Å²) in [5, 5.41) is 7.32. The van der Waals surface area contributed by atoms with Crippen LogP contribution in [0.3, 0.4) is 0 Å². The van der Waals surface area contributed by atoms with Gasteiger partial charge in [-0.3, -0.25) is 0 Å². The van der Waals surface area contributed by atoms with Crippen molar-refractivity contribution in [1.82, 2.24) is 15.5 Å². The molecule has 1 aromatic heterocycles. The van der Waals surface area contributed by atoms with Gasteiger partial charge in [0, 0.05) is 5.56 Å². The highest BCUT2D eigenvalue weighted by Crippen LogP contribution is 2.30. The first kappa shape index (κ1) is 12.3. The van der Waals surface area contributed by atoms with Crippen molar-refractivity contribution in [3.05, 3.63) is 35.5 Å². The van der Waals surface area contributed by atoms with Gasteiger partial charge in [0.1, 0.15) is 5.82 Å². The Morgan fingerprint density at radius 3 is 2.95 bits per heavy atom. The topological polar surface area (TPSA) is 51.0 Å². The van der Waals surface area contributed by atoms with E-state index in [0.29, 0.717) is 22.8 Å². The fraction of sp³-hybridized carbons (Fsp3) is 0.429. The number of nitrogens with one attached hydrogen (secondary N) is 1. The number of aryl methyl sites for hydroxylation is 1. The van der Waals surface area contributed by atoms with Crippen LogP contribution in [-0.4, -0.2) is 16.7 Å². The summed E-state index contributed by atoms with van der Waals surface area (Å²) < 4.78 is 18.9. The van der Waals surface area contributed by atoms with Crippen LogP contribution in [0.4, 0.5) is 4.39 Å². The fourth-order valence-corrected chi connectivity index (χ4v) is 2.37. The van der Waals surface area contributed by atoms with Crippen LogP contribution in [0.15, 0.2) is 22.7 Å². The third-order valence-corrected chi connectivity index (χ3v) is 3.70. The number of nitrogens with zero attached hydrogens (tertiary/aromatic N) is 2. The first-order valence-electron chi connectivity index (χ1n) is 6.44. The lowest BCUT2D eigenvalue weighted by Crippen LogP contribution is -2.33. The zero-order valence-corrected chi connectivity index (χ0v) is 11.0. The van der Waals surface area contributed by atoms with Crippen LogP contribution in [0.1, 0.15) is 31.2 Å². The van der Waals surface area contributed by atoms with Gasteiger partial charge in [0.2, 0.25) is 11.7 Å². The molecule has 5 heteroatoms. The summed E-state index contributed by atoms with van der Waals surface area (Å²) in [5.74, 6) is 0.749. The van der Waals surface area contributed by atoms with Gasteiger partial charge in [-0.1, -0.05) is 17.3 Å². The first-order chi connectivity index (χ1) is 9.08. The Morgan fingerprint density at radius 1 is 1.42 bits per heavy atom. The molecule has 1 aromatic carbocycles. The molecule has 1 unspecified atom stereocenters. The summed E-state index contributed by atoms with van der Waals surface area (Å²) >= 11 is 0. The molecule has 0 radical (unpaired) electrons. The maximum absolute atomic E-state index is 13.5. The van der Waals surface area contributed by atoms with Crippen molar-refractivity contribution in [2.24, 2.45) is 0 Å². The van der Waals surface area contributed by atoms with E-state index in [1.165, 1.54) is 6.07 Å². The van der Waals surface area contributed by atoms with Crippen LogP contribution < -0.4 is 5.32 Å². The second kappa shape index (κ2) is 4.42. The van der Waals surface area contributed by atoms with Gasteiger partial charge in [-0.05, 0) is 44.9 Å². The third kappa shape index (κ3) is 2.14. The summed E-state index contributed by atoms with van der Waals surface area (Å²) in [6, 6.07) is 4.96. The Morgan fingerprint density at radius 2 is 2.26 bits per heavy atom. The van der Waals surface area contributed by atoms with Crippen molar-refractivity contribution < 1.29 is 8.91 Å². The van der Waals surface area contributed by atoms with Crippen molar-refractivity contribution >= 4 is 0 Å². The molecule has 100 valence electrons. The average Bonchev–Trinajstić information content (AvgIpc) is 3.02. The van der Waals surface area contributed by atoms with E-state index in [2.05, 4.69) is 15.5 Å². The highest BCUT2D eigenvalue weighted by atomic mass is 19.1. The fourth-order valence-electron chi connectivity index (χ4n) is 2.37. The van der Waals surface area contributed by atoms with E-state index in [1.54, 1.807) is 19.1 Å². The van der Waals surface area contributed by atoms with Gasteiger partial charge in [-0.15, -0.1) is 0 Å². The van der Waals surface area contributed by atoms with Gasteiger partial charge in [0.05, 0.1) is 5.54 Å².